The molecule has 15 heteroatoms. The van der Waals surface area contributed by atoms with Gasteiger partial charge in [0.1, 0.15) is 18.2 Å². The molecule has 2 aliphatic heterocycles. The Morgan fingerprint density at radius 1 is 1.20 bits per heavy atom. The summed E-state index contributed by atoms with van der Waals surface area (Å²) in [4.78, 5) is 34.9. The number of aryl methyl sites for hydroxylation is 2. The van der Waals surface area contributed by atoms with Gasteiger partial charge in [0.15, 0.2) is 23.1 Å². The van der Waals surface area contributed by atoms with E-state index >= 15 is 0 Å². The second kappa shape index (κ2) is 11.4. The number of pyridine rings is 1. The van der Waals surface area contributed by atoms with Gasteiger partial charge in [-0.15, -0.1) is 0 Å². The third-order valence-electron chi connectivity index (χ3n) is 7.66. The number of carbonyl (C=O) groups excluding carboxylic acids is 1. The van der Waals surface area contributed by atoms with Crippen LogP contribution in [-0.2, 0) is 19.3 Å². The van der Waals surface area contributed by atoms with Gasteiger partial charge in [-0.25, -0.2) is 19.2 Å². The third kappa shape index (κ3) is 5.84. The zero-order valence-electron chi connectivity index (χ0n) is 24.1. The van der Waals surface area contributed by atoms with Crippen LogP contribution in [0.3, 0.4) is 0 Å². The van der Waals surface area contributed by atoms with Crippen LogP contribution in [0.25, 0.3) is 17.2 Å². The van der Waals surface area contributed by atoms with Crippen LogP contribution in [0.2, 0.25) is 0 Å². The zero-order valence-corrected chi connectivity index (χ0v) is 24.1. The molecule has 0 atom stereocenters. The molecule has 45 heavy (non-hydrogen) atoms. The molecule has 1 aromatic carbocycles. The van der Waals surface area contributed by atoms with E-state index in [2.05, 4.69) is 20.4 Å². The summed E-state index contributed by atoms with van der Waals surface area (Å²) in [5.74, 6) is -0.391. The van der Waals surface area contributed by atoms with Gasteiger partial charge < -0.3 is 24.6 Å². The van der Waals surface area contributed by atoms with Crippen LogP contribution >= 0.6 is 0 Å². The number of halogens is 4. The Morgan fingerprint density at radius 2 is 1.96 bits per heavy atom. The number of alkyl halides is 3. The van der Waals surface area contributed by atoms with E-state index in [1.807, 2.05) is 0 Å². The van der Waals surface area contributed by atoms with E-state index in [0.29, 0.717) is 11.4 Å². The molecule has 2 N–H and O–H groups in total. The van der Waals surface area contributed by atoms with Crippen LogP contribution in [0.1, 0.15) is 40.1 Å². The SMILES string of the molecule is CCn1cc(-c2cc(Cn3ccnc3C)cc3c2OCC(=Cc2ccc(F)c(N4CC(NC(=O)O)C4)n2)C3=O)c(C(F)(F)F)n1. The van der Waals surface area contributed by atoms with E-state index in [1.165, 1.54) is 29.1 Å². The number of amides is 1. The van der Waals surface area contributed by atoms with Gasteiger partial charge in [-0.3, -0.25) is 9.48 Å². The molecule has 3 aromatic heterocycles. The van der Waals surface area contributed by atoms with Crippen molar-refractivity contribution in [3.8, 4) is 16.9 Å². The highest BCUT2D eigenvalue weighted by atomic mass is 19.4. The van der Waals surface area contributed by atoms with Gasteiger partial charge >= 0.3 is 12.3 Å². The minimum absolute atomic E-state index is 0.00487. The highest BCUT2D eigenvalue weighted by Gasteiger charge is 2.39. The Hall–Kier alpha value is -5.21. The van der Waals surface area contributed by atoms with Gasteiger partial charge in [0.25, 0.3) is 0 Å². The van der Waals surface area contributed by atoms with Crippen molar-refractivity contribution in [2.24, 2.45) is 0 Å². The molecule has 11 nitrogen and oxygen atoms in total. The summed E-state index contributed by atoms with van der Waals surface area (Å²) < 4.78 is 65.9. The van der Waals surface area contributed by atoms with E-state index < -0.39 is 29.6 Å². The van der Waals surface area contributed by atoms with Gasteiger partial charge in [0.2, 0.25) is 0 Å². The van der Waals surface area contributed by atoms with Crippen molar-refractivity contribution in [2.45, 2.75) is 39.2 Å². The smallest absolute Gasteiger partial charge is 0.435 e. The molecule has 5 heterocycles. The maximum absolute atomic E-state index is 14.6. The Labute approximate surface area is 253 Å². The Balaban J connectivity index is 1.39. The molecule has 234 valence electrons. The van der Waals surface area contributed by atoms with Gasteiger partial charge in [0, 0.05) is 61.5 Å². The molecule has 0 aliphatic carbocycles. The molecule has 2 aliphatic rings. The number of nitrogens with zero attached hydrogens (tertiary/aromatic N) is 6. The standard InChI is InChI=1S/C30H27F4N7O4/c1-3-41-14-23(27(38-41)30(32,33)34)21-8-17(11-39-7-6-35-16(39)2)9-22-25(42)18(15-45-26(21)22)10-19-4-5-24(31)28(36-19)40-12-20(13-40)37-29(43)44/h4-10,14,20,37H,3,11-13,15H2,1-2H3,(H,43,44). The maximum Gasteiger partial charge on any atom is 0.435 e. The van der Waals surface area contributed by atoms with Crippen LogP contribution < -0.4 is 15.0 Å². The van der Waals surface area contributed by atoms with Crippen LogP contribution in [0, 0.1) is 12.7 Å². The first-order valence-electron chi connectivity index (χ1n) is 14.0. The molecule has 0 unspecified atom stereocenters. The normalized spacial score (nSPS) is 16.0. The number of hydrogen-bond acceptors (Lipinski definition) is 7. The zero-order chi connectivity index (χ0) is 32.0. The molecule has 6 rings (SSSR count). The predicted molar refractivity (Wildman–Crippen MR) is 154 cm³/mol. The number of rotatable bonds is 7. The number of hydrogen-bond donors (Lipinski definition) is 2. The van der Waals surface area contributed by atoms with Crippen LogP contribution in [0.15, 0.2) is 48.4 Å². The Kier molecular flexibility index (Phi) is 7.54. The highest BCUT2D eigenvalue weighted by Crippen LogP contribution is 2.44. The number of ether oxygens (including phenoxy) is 1. The number of aromatic nitrogens is 5. The van der Waals surface area contributed by atoms with E-state index in [4.69, 9.17) is 9.84 Å². The number of anilines is 1. The minimum atomic E-state index is -4.75. The lowest BCUT2D eigenvalue weighted by Gasteiger charge is -2.39. The van der Waals surface area contributed by atoms with Crippen molar-refractivity contribution >= 4 is 23.8 Å². The second-order valence-electron chi connectivity index (χ2n) is 10.7. The number of benzene rings is 1. The molecule has 0 bridgehead atoms. The topological polar surface area (TPSA) is 127 Å². The van der Waals surface area contributed by atoms with E-state index in [9.17, 15) is 27.2 Å². The molecule has 4 aromatic rings. The van der Waals surface area contributed by atoms with Crippen molar-refractivity contribution < 1.29 is 37.0 Å². The Bertz CT molecular complexity index is 1840. The van der Waals surface area contributed by atoms with Crippen LogP contribution in [0.4, 0.5) is 28.2 Å². The number of imidazole rings is 1. The number of fused-ring (bicyclic) bond motifs is 1. The van der Waals surface area contributed by atoms with Crippen molar-refractivity contribution in [3.05, 3.63) is 82.6 Å². The van der Waals surface area contributed by atoms with Crippen molar-refractivity contribution in [1.82, 2.24) is 29.6 Å². The summed E-state index contributed by atoms with van der Waals surface area (Å²) >= 11 is 0. The summed E-state index contributed by atoms with van der Waals surface area (Å²) in [5.41, 5.74) is -0.166. The fourth-order valence-corrected chi connectivity index (χ4v) is 5.40. The molecular weight excluding hydrogens is 598 g/mol. The highest BCUT2D eigenvalue weighted by molar-refractivity contribution is 6.15. The van der Waals surface area contributed by atoms with E-state index in [-0.39, 0.29) is 78.4 Å². The predicted octanol–water partition coefficient (Wildman–Crippen LogP) is 4.79. The number of carbonyl (C=O) groups is 2. The summed E-state index contributed by atoms with van der Waals surface area (Å²) in [5, 5.41) is 15.0. The van der Waals surface area contributed by atoms with Gasteiger partial charge in [-0.05, 0) is 49.8 Å². The van der Waals surface area contributed by atoms with Gasteiger partial charge in [-0.2, -0.15) is 18.3 Å². The fraction of sp³-hybridized carbons (Fsp3) is 0.300. The third-order valence-corrected chi connectivity index (χ3v) is 7.66. The van der Waals surface area contributed by atoms with Crippen molar-refractivity contribution in [1.29, 1.82) is 0 Å². The molecule has 1 fully saturated rings. The van der Waals surface area contributed by atoms with Crippen molar-refractivity contribution in [3.63, 3.8) is 0 Å². The lowest BCUT2D eigenvalue weighted by Crippen LogP contribution is -2.59. The molecule has 0 spiro atoms. The van der Waals surface area contributed by atoms with E-state index in [0.717, 1.165) is 0 Å². The summed E-state index contributed by atoms with van der Waals surface area (Å²) in [6, 6.07) is 5.37. The van der Waals surface area contributed by atoms with Crippen LogP contribution in [0.5, 0.6) is 5.75 Å². The lowest BCUT2D eigenvalue weighted by atomic mass is 9.91. The number of Topliss-reactive ketones (excluding diaryl/α,β-unsaturated/α-hetero) is 1. The fourth-order valence-electron chi connectivity index (χ4n) is 5.40. The monoisotopic (exact) mass is 625 g/mol. The second-order valence-corrected chi connectivity index (χ2v) is 10.7. The quantitative estimate of drug-likeness (QED) is 0.222. The first-order valence-corrected chi connectivity index (χ1v) is 14.0. The summed E-state index contributed by atoms with van der Waals surface area (Å²) in [6.07, 6.45) is 0.135. The van der Waals surface area contributed by atoms with Gasteiger partial charge in [0.05, 0.1) is 17.3 Å². The maximum atomic E-state index is 14.6. The first kappa shape index (κ1) is 29.8. The molecule has 1 saturated heterocycles. The Morgan fingerprint density at radius 3 is 2.62 bits per heavy atom. The first-order chi connectivity index (χ1) is 21.4. The van der Waals surface area contributed by atoms with Crippen molar-refractivity contribution in [2.75, 3.05) is 24.6 Å². The number of carboxylic acid groups (broad SMARTS) is 1. The molecule has 0 radical (unpaired) electrons. The minimum Gasteiger partial charge on any atom is -0.487 e. The van der Waals surface area contributed by atoms with Crippen LogP contribution in [-0.4, -0.2) is 67.0 Å². The van der Waals surface area contributed by atoms with E-state index in [1.54, 1.807) is 47.8 Å². The largest absolute Gasteiger partial charge is 0.487 e. The molecular formula is C30H27F4N7O4. The lowest BCUT2D eigenvalue weighted by molar-refractivity contribution is -0.141. The molecule has 0 saturated carbocycles. The number of ketones is 1. The summed E-state index contributed by atoms with van der Waals surface area (Å²) in [6.45, 7) is 4.08. The van der Waals surface area contributed by atoms with Gasteiger partial charge in [-0.1, -0.05) is 0 Å². The molecule has 1 amide bonds. The number of nitrogens with one attached hydrogen (secondary N) is 1. The average molecular weight is 626 g/mol. The average Bonchev–Trinajstić information content (AvgIpc) is 3.59. The summed E-state index contributed by atoms with van der Waals surface area (Å²) in [7, 11) is 0.